The molecular weight excluding hydrogens is 790 g/mol. The predicted molar refractivity (Wildman–Crippen MR) is 222 cm³/mol. The van der Waals surface area contributed by atoms with E-state index in [2.05, 4.69) is 41.5 Å². The summed E-state index contributed by atoms with van der Waals surface area (Å²) in [6, 6.07) is 18.0. The van der Waals surface area contributed by atoms with Gasteiger partial charge in [0.1, 0.15) is 35.3 Å². The molecule has 308 valence electrons. The number of ketones is 1. The fourth-order valence-corrected chi connectivity index (χ4v) is 8.17. The SMILES string of the molecule is O=C1CCC(N2C(=O)c3cccc(NCCCCNC(=O)NC4CCC(Nc5ncnc6[nH]cc(C(=O)c7ccc(Oc8ccccc8)cc7Cl)c56)CC4)c3C2=O)C(=O)N1. The van der Waals surface area contributed by atoms with Gasteiger partial charge < -0.3 is 31.0 Å². The van der Waals surface area contributed by atoms with Crippen molar-refractivity contribution in [3.63, 3.8) is 0 Å². The number of carbonyl (C=O) groups is 6. The normalized spacial score (nSPS) is 18.8. The lowest BCUT2D eigenvalue weighted by Gasteiger charge is -2.30. The van der Waals surface area contributed by atoms with E-state index in [1.54, 1.807) is 42.6 Å². The van der Waals surface area contributed by atoms with Gasteiger partial charge in [0.2, 0.25) is 11.8 Å². The van der Waals surface area contributed by atoms with Crippen molar-refractivity contribution in [2.24, 2.45) is 0 Å². The maximum Gasteiger partial charge on any atom is 0.315 e. The number of amides is 6. The van der Waals surface area contributed by atoms with Crippen LogP contribution < -0.4 is 31.3 Å². The second-order valence-corrected chi connectivity index (χ2v) is 15.3. The summed E-state index contributed by atoms with van der Waals surface area (Å²) in [4.78, 5) is 89.8. The zero-order chi connectivity index (χ0) is 41.8. The molecule has 60 heavy (non-hydrogen) atoms. The van der Waals surface area contributed by atoms with Crippen molar-refractivity contribution >= 4 is 69.6 Å². The molecule has 4 heterocycles. The van der Waals surface area contributed by atoms with Gasteiger partial charge in [-0.05, 0) is 81.3 Å². The van der Waals surface area contributed by atoms with Crippen molar-refractivity contribution in [3.8, 4) is 11.5 Å². The van der Waals surface area contributed by atoms with Crippen LogP contribution >= 0.6 is 11.6 Å². The molecule has 2 aromatic heterocycles. The highest BCUT2D eigenvalue weighted by molar-refractivity contribution is 6.36. The second kappa shape index (κ2) is 17.6. The first-order chi connectivity index (χ1) is 29.1. The lowest BCUT2D eigenvalue weighted by Crippen LogP contribution is -2.54. The van der Waals surface area contributed by atoms with Gasteiger partial charge >= 0.3 is 6.03 Å². The lowest BCUT2D eigenvalue weighted by molar-refractivity contribution is -0.136. The number of rotatable bonds is 14. The fourth-order valence-electron chi connectivity index (χ4n) is 7.91. The summed E-state index contributed by atoms with van der Waals surface area (Å²) in [7, 11) is 0. The van der Waals surface area contributed by atoms with Crippen LogP contribution in [0.4, 0.5) is 16.3 Å². The van der Waals surface area contributed by atoms with Gasteiger partial charge in [0.25, 0.3) is 11.8 Å². The molecule has 17 heteroatoms. The Bertz CT molecular complexity index is 2490. The predicted octanol–water partition coefficient (Wildman–Crippen LogP) is 5.95. The molecule has 3 aliphatic rings. The van der Waals surface area contributed by atoms with E-state index < -0.39 is 29.7 Å². The molecular formula is C43H42ClN9O7. The quantitative estimate of drug-likeness (QED) is 0.0437. The summed E-state index contributed by atoms with van der Waals surface area (Å²) < 4.78 is 5.87. The van der Waals surface area contributed by atoms with Crippen LogP contribution in [-0.2, 0) is 9.59 Å². The maximum absolute atomic E-state index is 13.8. The first kappa shape index (κ1) is 40.0. The number of carbonyl (C=O) groups excluding carboxylic acids is 6. The van der Waals surface area contributed by atoms with Crippen LogP contribution in [0.5, 0.6) is 11.5 Å². The molecule has 0 radical (unpaired) electrons. The van der Waals surface area contributed by atoms with Gasteiger partial charge in [0.05, 0.1) is 27.1 Å². The van der Waals surface area contributed by atoms with Crippen molar-refractivity contribution in [1.82, 2.24) is 35.8 Å². The van der Waals surface area contributed by atoms with Gasteiger partial charge in [0, 0.05) is 55.1 Å². The summed E-state index contributed by atoms with van der Waals surface area (Å²) in [5.41, 5.74) is 2.15. The Balaban J connectivity index is 0.776. The molecule has 16 nitrogen and oxygen atoms in total. The molecule has 2 aliphatic heterocycles. The highest BCUT2D eigenvalue weighted by Gasteiger charge is 2.45. The summed E-state index contributed by atoms with van der Waals surface area (Å²) in [5.74, 6) is -0.775. The molecule has 1 saturated heterocycles. The number of imide groups is 2. The van der Waals surface area contributed by atoms with Gasteiger partial charge in [-0.3, -0.25) is 34.2 Å². The third-order valence-electron chi connectivity index (χ3n) is 11.0. The van der Waals surface area contributed by atoms with Gasteiger partial charge in [-0.2, -0.15) is 0 Å². The molecule has 1 unspecified atom stereocenters. The number of aromatic nitrogens is 3. The number of para-hydroxylation sites is 1. The van der Waals surface area contributed by atoms with Gasteiger partial charge in [-0.15, -0.1) is 0 Å². The minimum Gasteiger partial charge on any atom is -0.457 e. The zero-order valence-electron chi connectivity index (χ0n) is 32.4. The molecule has 3 aromatic carbocycles. The van der Waals surface area contributed by atoms with E-state index in [1.165, 1.54) is 6.33 Å². The Labute approximate surface area is 349 Å². The number of hydrogen-bond donors (Lipinski definition) is 6. The summed E-state index contributed by atoms with van der Waals surface area (Å²) in [5, 5.41) is 15.8. The fraction of sp³-hybridized carbons (Fsp3) is 0.302. The lowest BCUT2D eigenvalue weighted by atomic mass is 9.91. The summed E-state index contributed by atoms with van der Waals surface area (Å²) in [6.07, 6.45) is 7.58. The number of piperidine rings is 1. The number of H-pyrrole nitrogens is 1. The van der Waals surface area contributed by atoms with E-state index in [9.17, 15) is 28.8 Å². The van der Waals surface area contributed by atoms with Crippen LogP contribution in [0.1, 0.15) is 88.0 Å². The Morgan fingerprint density at radius 3 is 2.40 bits per heavy atom. The van der Waals surface area contributed by atoms with E-state index in [-0.39, 0.29) is 52.9 Å². The molecule has 1 saturated carbocycles. The van der Waals surface area contributed by atoms with Gasteiger partial charge in [-0.1, -0.05) is 35.9 Å². The average Bonchev–Trinajstić information content (AvgIpc) is 3.79. The minimum absolute atomic E-state index is 0.00400. The Morgan fingerprint density at radius 2 is 1.62 bits per heavy atom. The van der Waals surface area contributed by atoms with Crippen molar-refractivity contribution in [2.75, 3.05) is 23.7 Å². The second-order valence-electron chi connectivity index (χ2n) is 14.9. The molecule has 5 aromatic rings. The molecule has 1 aliphatic carbocycles. The van der Waals surface area contributed by atoms with E-state index in [0.717, 1.165) is 30.6 Å². The topological polar surface area (TPSA) is 217 Å². The molecule has 8 rings (SSSR count). The standard InChI is InChI=1S/C43H42ClN9O7/c44-31-21-27(60-26-7-2-1-3-8-26)15-16-28(31)37(55)30-22-47-38-36(30)39(49-23-48-38)50-24-11-13-25(14-12-24)51-43(59)46-20-5-4-19-45-32-10-6-9-29-35(32)42(58)53(41(29)57)33-17-18-34(54)52-40(33)56/h1-3,6-10,15-16,21-25,33,45H,4-5,11-14,17-20H2,(H2,46,51,59)(H,52,54,56)(H2,47,48,49,50). The van der Waals surface area contributed by atoms with E-state index in [0.29, 0.717) is 71.1 Å². The van der Waals surface area contributed by atoms with Crippen molar-refractivity contribution in [2.45, 2.75) is 69.5 Å². The Hall–Kier alpha value is -6.81. The number of halogens is 1. The number of anilines is 2. The number of hydrogen-bond acceptors (Lipinski definition) is 11. The largest absolute Gasteiger partial charge is 0.457 e. The van der Waals surface area contributed by atoms with Gasteiger partial charge in [0.15, 0.2) is 5.78 Å². The molecule has 0 spiro atoms. The first-order valence-corrected chi connectivity index (χ1v) is 20.3. The van der Waals surface area contributed by atoms with Crippen molar-refractivity contribution in [3.05, 3.63) is 107 Å². The number of unbranched alkanes of at least 4 members (excludes halogenated alkanes) is 1. The number of ether oxygens (including phenoxy) is 1. The average molecular weight is 832 g/mol. The Kier molecular flexibility index (Phi) is 11.7. The van der Waals surface area contributed by atoms with E-state index >= 15 is 0 Å². The molecule has 1 atom stereocenters. The van der Waals surface area contributed by atoms with Gasteiger partial charge in [-0.25, -0.2) is 14.8 Å². The number of urea groups is 1. The van der Waals surface area contributed by atoms with E-state index in [4.69, 9.17) is 16.3 Å². The third kappa shape index (κ3) is 8.50. The maximum atomic E-state index is 13.8. The third-order valence-corrected chi connectivity index (χ3v) is 11.3. The number of nitrogens with zero attached hydrogens (tertiary/aromatic N) is 3. The Morgan fingerprint density at radius 1 is 0.833 bits per heavy atom. The van der Waals surface area contributed by atoms with Crippen LogP contribution in [0.3, 0.4) is 0 Å². The van der Waals surface area contributed by atoms with Crippen LogP contribution in [0.25, 0.3) is 11.0 Å². The zero-order valence-corrected chi connectivity index (χ0v) is 33.1. The highest BCUT2D eigenvalue weighted by atomic mass is 35.5. The number of fused-ring (bicyclic) bond motifs is 2. The molecule has 6 N–H and O–H groups in total. The molecule has 6 amide bonds. The number of nitrogens with one attached hydrogen (secondary N) is 6. The smallest absolute Gasteiger partial charge is 0.315 e. The minimum atomic E-state index is -1.03. The number of aromatic amines is 1. The molecule has 0 bridgehead atoms. The van der Waals surface area contributed by atoms with Crippen molar-refractivity contribution in [1.29, 1.82) is 0 Å². The number of benzene rings is 3. The van der Waals surface area contributed by atoms with Crippen LogP contribution in [0.2, 0.25) is 5.02 Å². The summed E-state index contributed by atoms with van der Waals surface area (Å²) in [6.45, 7) is 0.926. The van der Waals surface area contributed by atoms with E-state index in [1.807, 2.05) is 30.3 Å². The first-order valence-electron chi connectivity index (χ1n) is 19.9. The van der Waals surface area contributed by atoms with Crippen LogP contribution in [0, 0.1) is 0 Å². The monoisotopic (exact) mass is 831 g/mol. The van der Waals surface area contributed by atoms with Crippen LogP contribution in [-0.4, -0.2) is 86.5 Å². The molecule has 2 fully saturated rings. The summed E-state index contributed by atoms with van der Waals surface area (Å²) >= 11 is 6.60. The van der Waals surface area contributed by atoms with Crippen LogP contribution in [0.15, 0.2) is 79.3 Å². The van der Waals surface area contributed by atoms with Crippen molar-refractivity contribution < 1.29 is 33.5 Å². The highest BCUT2D eigenvalue weighted by Crippen LogP contribution is 2.34.